The van der Waals surface area contributed by atoms with Crippen LogP contribution in [0.3, 0.4) is 0 Å². The summed E-state index contributed by atoms with van der Waals surface area (Å²) in [5.41, 5.74) is 0.349. The lowest BCUT2D eigenvalue weighted by Gasteiger charge is -2.31. The maximum absolute atomic E-state index is 12.9. The van der Waals surface area contributed by atoms with E-state index in [0.717, 1.165) is 10.2 Å². The van der Waals surface area contributed by atoms with E-state index in [1.54, 1.807) is 36.4 Å². The van der Waals surface area contributed by atoms with E-state index in [1.165, 1.54) is 5.01 Å². The van der Waals surface area contributed by atoms with Crippen molar-refractivity contribution in [1.29, 1.82) is 0 Å². The number of nitrogens with zero attached hydrogens (tertiary/aromatic N) is 2. The van der Waals surface area contributed by atoms with E-state index in [-0.39, 0.29) is 5.91 Å². The van der Waals surface area contributed by atoms with Crippen LogP contribution in [0.4, 0.5) is 0 Å². The second-order valence-corrected chi connectivity index (χ2v) is 7.00. The summed E-state index contributed by atoms with van der Waals surface area (Å²) in [4.78, 5) is 12.9. The summed E-state index contributed by atoms with van der Waals surface area (Å²) >= 11 is 9.26. The van der Waals surface area contributed by atoms with E-state index in [1.807, 2.05) is 19.1 Å². The predicted octanol–water partition coefficient (Wildman–Crippen LogP) is 4.56. The van der Waals surface area contributed by atoms with Gasteiger partial charge in [0.15, 0.2) is 5.72 Å². The fourth-order valence-electron chi connectivity index (χ4n) is 2.68. The van der Waals surface area contributed by atoms with Gasteiger partial charge in [0, 0.05) is 32.8 Å². The number of hydrogen-bond acceptors (Lipinski definition) is 3. The van der Waals surface area contributed by atoms with Gasteiger partial charge in [0.2, 0.25) is 0 Å². The molecule has 0 aromatic heterocycles. The molecule has 4 nitrogen and oxygen atoms in total. The van der Waals surface area contributed by atoms with Crippen LogP contribution in [-0.4, -0.2) is 21.7 Å². The average molecular weight is 408 g/mol. The highest BCUT2D eigenvalue weighted by molar-refractivity contribution is 9.10. The van der Waals surface area contributed by atoms with Crippen LogP contribution in [0.1, 0.15) is 35.7 Å². The standard InChI is InChI=1S/C18H16BrClN2O2/c1-2-16-11-18(24,13-5-7-14(19)8-6-13)22(21-16)17(23)12-3-9-15(20)10-4-12/h3-10,24H,2,11H2,1H3/t18-/m1/s1. The van der Waals surface area contributed by atoms with Crippen LogP contribution in [-0.2, 0) is 5.72 Å². The van der Waals surface area contributed by atoms with Gasteiger partial charge in [-0.2, -0.15) is 10.1 Å². The molecule has 0 saturated heterocycles. The normalized spacial score (nSPS) is 20.2. The van der Waals surface area contributed by atoms with Gasteiger partial charge >= 0.3 is 0 Å². The number of carbonyl (C=O) groups excluding carboxylic acids is 1. The van der Waals surface area contributed by atoms with Crippen molar-refractivity contribution in [1.82, 2.24) is 5.01 Å². The maximum atomic E-state index is 12.9. The molecule has 0 unspecified atom stereocenters. The van der Waals surface area contributed by atoms with E-state index in [2.05, 4.69) is 21.0 Å². The summed E-state index contributed by atoms with van der Waals surface area (Å²) in [6.07, 6.45) is 0.966. The Hall–Kier alpha value is -1.69. The third-order valence-electron chi connectivity index (χ3n) is 4.04. The molecule has 3 rings (SSSR count). The average Bonchev–Trinajstić information content (AvgIpc) is 2.93. The Bertz CT molecular complexity index is 790. The number of hydrogen-bond donors (Lipinski definition) is 1. The SMILES string of the molecule is CCC1=NN(C(=O)c2ccc(Cl)cc2)[C@](O)(c2ccc(Br)cc2)C1. The quantitative estimate of drug-likeness (QED) is 0.811. The van der Waals surface area contributed by atoms with Crippen molar-refractivity contribution in [3.63, 3.8) is 0 Å². The molecule has 0 spiro atoms. The van der Waals surface area contributed by atoms with Crippen molar-refractivity contribution in [2.45, 2.75) is 25.5 Å². The molecule has 1 aliphatic heterocycles. The van der Waals surface area contributed by atoms with Crippen molar-refractivity contribution in [3.05, 3.63) is 69.2 Å². The molecule has 0 aliphatic carbocycles. The van der Waals surface area contributed by atoms with Gasteiger partial charge in [-0.25, -0.2) is 0 Å². The summed E-state index contributed by atoms with van der Waals surface area (Å²) < 4.78 is 0.903. The van der Waals surface area contributed by atoms with Crippen LogP contribution in [0.2, 0.25) is 5.02 Å². The maximum Gasteiger partial charge on any atom is 0.276 e. The fraction of sp³-hybridized carbons (Fsp3) is 0.222. The zero-order valence-corrected chi connectivity index (χ0v) is 15.4. The molecule has 1 atom stereocenters. The molecule has 0 radical (unpaired) electrons. The zero-order chi connectivity index (χ0) is 17.3. The minimum Gasteiger partial charge on any atom is -0.365 e. The molecule has 2 aromatic rings. The second kappa shape index (κ2) is 6.67. The lowest BCUT2D eigenvalue weighted by atomic mass is 9.96. The molecule has 0 saturated carbocycles. The summed E-state index contributed by atoms with van der Waals surface area (Å²) in [6.45, 7) is 1.96. The molecule has 1 N–H and O–H groups in total. The Labute approximate surface area is 153 Å². The summed E-state index contributed by atoms with van der Waals surface area (Å²) in [5, 5.41) is 17.3. The third-order valence-corrected chi connectivity index (χ3v) is 4.82. The van der Waals surface area contributed by atoms with Gasteiger partial charge < -0.3 is 5.11 Å². The highest BCUT2D eigenvalue weighted by atomic mass is 79.9. The highest BCUT2D eigenvalue weighted by Gasteiger charge is 2.45. The van der Waals surface area contributed by atoms with E-state index in [4.69, 9.17) is 11.6 Å². The van der Waals surface area contributed by atoms with Gasteiger partial charge in [-0.3, -0.25) is 4.79 Å². The molecule has 6 heteroatoms. The Kier molecular flexibility index (Phi) is 4.76. The van der Waals surface area contributed by atoms with E-state index >= 15 is 0 Å². The van der Waals surface area contributed by atoms with Crippen molar-refractivity contribution < 1.29 is 9.90 Å². The minimum atomic E-state index is -1.48. The predicted molar refractivity (Wildman–Crippen MR) is 98.0 cm³/mol. The van der Waals surface area contributed by atoms with Crippen LogP contribution >= 0.6 is 27.5 Å². The number of amides is 1. The summed E-state index contributed by atoms with van der Waals surface area (Å²) in [5.74, 6) is -0.361. The van der Waals surface area contributed by atoms with Crippen molar-refractivity contribution >= 4 is 39.1 Å². The van der Waals surface area contributed by atoms with Crippen LogP contribution in [0.15, 0.2) is 58.1 Å². The first-order chi connectivity index (χ1) is 11.4. The van der Waals surface area contributed by atoms with Gasteiger partial charge in [-0.1, -0.05) is 46.6 Å². The number of aliphatic hydroxyl groups is 1. The van der Waals surface area contributed by atoms with Crippen LogP contribution in [0, 0.1) is 0 Å². The number of hydrazone groups is 1. The van der Waals surface area contributed by atoms with Gasteiger partial charge in [0.05, 0.1) is 0 Å². The second-order valence-electron chi connectivity index (χ2n) is 5.64. The van der Waals surface area contributed by atoms with Gasteiger partial charge in [-0.05, 0) is 42.8 Å². The molecule has 1 aliphatic rings. The molecule has 1 amide bonds. The minimum absolute atomic E-state index is 0.296. The number of carbonyl (C=O) groups is 1. The van der Waals surface area contributed by atoms with E-state index in [9.17, 15) is 9.90 Å². The van der Waals surface area contributed by atoms with Crippen LogP contribution in [0.5, 0.6) is 0 Å². The first-order valence-electron chi connectivity index (χ1n) is 7.59. The Morgan fingerprint density at radius 1 is 1.25 bits per heavy atom. The monoisotopic (exact) mass is 406 g/mol. The number of benzene rings is 2. The highest BCUT2D eigenvalue weighted by Crippen LogP contribution is 2.37. The first-order valence-corrected chi connectivity index (χ1v) is 8.76. The Balaban J connectivity index is 2.01. The number of rotatable bonds is 3. The largest absolute Gasteiger partial charge is 0.365 e. The lowest BCUT2D eigenvalue weighted by molar-refractivity contribution is -0.0765. The smallest absolute Gasteiger partial charge is 0.276 e. The topological polar surface area (TPSA) is 52.9 Å². The van der Waals surface area contributed by atoms with Gasteiger partial charge in [0.25, 0.3) is 5.91 Å². The summed E-state index contributed by atoms with van der Waals surface area (Å²) in [7, 11) is 0. The van der Waals surface area contributed by atoms with Gasteiger partial charge in [-0.15, -0.1) is 0 Å². The summed E-state index contributed by atoms with van der Waals surface area (Å²) in [6, 6.07) is 13.8. The molecule has 1 heterocycles. The van der Waals surface area contributed by atoms with Gasteiger partial charge in [0.1, 0.15) is 0 Å². The fourth-order valence-corrected chi connectivity index (χ4v) is 3.07. The third kappa shape index (κ3) is 3.11. The van der Waals surface area contributed by atoms with Crippen LogP contribution in [0.25, 0.3) is 0 Å². The molecule has 2 aromatic carbocycles. The van der Waals surface area contributed by atoms with E-state index < -0.39 is 5.72 Å². The molecular formula is C18H16BrClN2O2. The Morgan fingerprint density at radius 2 is 1.88 bits per heavy atom. The Morgan fingerprint density at radius 3 is 2.46 bits per heavy atom. The molecular weight excluding hydrogens is 392 g/mol. The van der Waals surface area contributed by atoms with Crippen molar-refractivity contribution in [2.24, 2.45) is 5.10 Å². The molecule has 0 fully saturated rings. The molecule has 24 heavy (non-hydrogen) atoms. The lowest BCUT2D eigenvalue weighted by Crippen LogP contribution is -2.43. The van der Waals surface area contributed by atoms with Crippen molar-refractivity contribution in [3.8, 4) is 0 Å². The number of halogens is 2. The van der Waals surface area contributed by atoms with Crippen LogP contribution < -0.4 is 0 Å². The van der Waals surface area contributed by atoms with E-state index in [0.29, 0.717) is 29.0 Å². The molecule has 124 valence electrons. The van der Waals surface area contributed by atoms with Crippen molar-refractivity contribution in [2.75, 3.05) is 0 Å². The first kappa shape index (κ1) is 17.1. The zero-order valence-electron chi connectivity index (χ0n) is 13.0. The molecule has 0 bridgehead atoms.